The number of rotatable bonds is 6. The van der Waals surface area contributed by atoms with E-state index in [1.165, 1.54) is 12.1 Å². The fourth-order valence-corrected chi connectivity index (χ4v) is 3.88. The first-order valence-corrected chi connectivity index (χ1v) is 9.94. The van der Waals surface area contributed by atoms with Gasteiger partial charge in [0.2, 0.25) is 10.0 Å². The summed E-state index contributed by atoms with van der Waals surface area (Å²) in [5.74, 6) is -0.265. The fraction of sp³-hybridized carbons (Fsp3) is 0.412. The van der Waals surface area contributed by atoms with Gasteiger partial charge in [0.1, 0.15) is 0 Å². The molecule has 1 amide bonds. The molecule has 3 rings (SSSR count). The van der Waals surface area contributed by atoms with E-state index in [0.29, 0.717) is 5.56 Å². The van der Waals surface area contributed by atoms with E-state index in [9.17, 15) is 13.2 Å². The van der Waals surface area contributed by atoms with Crippen molar-refractivity contribution in [2.45, 2.75) is 30.8 Å². The van der Waals surface area contributed by atoms with E-state index in [1.807, 2.05) is 6.92 Å². The van der Waals surface area contributed by atoms with Gasteiger partial charge in [-0.15, -0.1) is 0 Å². The summed E-state index contributed by atoms with van der Waals surface area (Å²) in [7, 11) is -1.93. The molecule has 1 saturated heterocycles. The molecule has 0 radical (unpaired) electrons. The highest BCUT2D eigenvalue weighted by molar-refractivity contribution is 7.89. The van der Waals surface area contributed by atoms with E-state index in [-0.39, 0.29) is 23.4 Å². The molecule has 1 aromatic carbocycles. The van der Waals surface area contributed by atoms with Gasteiger partial charge in [-0.05, 0) is 38.1 Å². The number of aromatic nitrogens is 2. The van der Waals surface area contributed by atoms with Gasteiger partial charge in [0.25, 0.3) is 5.91 Å². The summed E-state index contributed by atoms with van der Waals surface area (Å²) in [6.07, 6.45) is 2.51. The van der Waals surface area contributed by atoms with Crippen LogP contribution in [0.2, 0.25) is 0 Å². The first-order valence-electron chi connectivity index (χ1n) is 8.45. The summed E-state index contributed by atoms with van der Waals surface area (Å²) < 4.78 is 29.4. The Morgan fingerprint density at radius 3 is 2.88 bits per heavy atom. The van der Waals surface area contributed by atoms with Crippen LogP contribution in [-0.4, -0.2) is 43.2 Å². The van der Waals surface area contributed by atoms with E-state index in [4.69, 9.17) is 0 Å². The van der Waals surface area contributed by atoms with Crippen molar-refractivity contribution in [2.24, 2.45) is 7.05 Å². The van der Waals surface area contributed by atoms with Crippen LogP contribution in [0.3, 0.4) is 0 Å². The zero-order valence-electron chi connectivity index (χ0n) is 14.8. The molecule has 3 N–H and O–H groups in total. The van der Waals surface area contributed by atoms with Crippen LogP contribution in [0.15, 0.2) is 35.4 Å². The summed E-state index contributed by atoms with van der Waals surface area (Å²) in [4.78, 5) is 12.4. The Balaban J connectivity index is 1.71. The Morgan fingerprint density at radius 1 is 1.42 bits per heavy atom. The van der Waals surface area contributed by atoms with Crippen LogP contribution < -0.4 is 15.4 Å². The smallest absolute Gasteiger partial charge is 0.251 e. The molecule has 0 saturated carbocycles. The molecule has 0 spiro atoms. The van der Waals surface area contributed by atoms with Crippen LogP contribution in [0.4, 0.5) is 0 Å². The molecule has 26 heavy (non-hydrogen) atoms. The second-order valence-corrected chi connectivity index (χ2v) is 8.16. The topological polar surface area (TPSA) is 105 Å². The maximum Gasteiger partial charge on any atom is 0.251 e. The van der Waals surface area contributed by atoms with Crippen molar-refractivity contribution in [3.63, 3.8) is 0 Å². The third kappa shape index (κ3) is 4.12. The van der Waals surface area contributed by atoms with Crippen molar-refractivity contribution in [2.75, 3.05) is 13.1 Å². The Hall–Kier alpha value is -2.23. The predicted octanol–water partition coefficient (Wildman–Crippen LogP) is 0.299. The second kappa shape index (κ2) is 7.56. The molecule has 8 nitrogen and oxygen atoms in total. The molecule has 9 heteroatoms. The summed E-state index contributed by atoms with van der Waals surface area (Å²) in [5, 5.41) is 10.2. The van der Waals surface area contributed by atoms with Crippen LogP contribution in [-0.2, 0) is 23.6 Å². The largest absolute Gasteiger partial charge is 0.348 e. The second-order valence-electron chi connectivity index (χ2n) is 6.39. The van der Waals surface area contributed by atoms with E-state index in [1.54, 1.807) is 30.1 Å². The number of nitrogens with zero attached hydrogens (tertiary/aromatic N) is 2. The van der Waals surface area contributed by atoms with Crippen molar-refractivity contribution in [3.8, 4) is 0 Å². The molecule has 0 bridgehead atoms. The lowest BCUT2D eigenvalue weighted by atomic mass is 10.2. The van der Waals surface area contributed by atoms with E-state index >= 15 is 0 Å². The van der Waals surface area contributed by atoms with E-state index in [0.717, 1.165) is 30.8 Å². The number of sulfonamides is 1. The highest BCUT2D eigenvalue weighted by Gasteiger charge is 2.20. The molecule has 1 aliphatic heterocycles. The molecule has 0 aliphatic carbocycles. The van der Waals surface area contributed by atoms with Gasteiger partial charge in [-0.25, -0.2) is 13.1 Å². The average molecular weight is 377 g/mol. The minimum absolute atomic E-state index is 0.0660. The first-order chi connectivity index (χ1) is 12.4. The molecule has 1 atom stereocenters. The van der Waals surface area contributed by atoms with Gasteiger partial charge in [-0.2, -0.15) is 5.10 Å². The molecule has 1 aliphatic rings. The van der Waals surface area contributed by atoms with Crippen LogP contribution >= 0.6 is 0 Å². The summed E-state index contributed by atoms with van der Waals surface area (Å²) >= 11 is 0. The van der Waals surface area contributed by atoms with Gasteiger partial charge in [-0.3, -0.25) is 9.48 Å². The van der Waals surface area contributed by atoms with Crippen LogP contribution in [0, 0.1) is 6.92 Å². The van der Waals surface area contributed by atoms with E-state index in [2.05, 4.69) is 20.5 Å². The average Bonchev–Trinajstić information content (AvgIpc) is 3.24. The Kier molecular flexibility index (Phi) is 5.40. The number of carbonyl (C=O) groups is 1. The number of nitrogens with one attached hydrogen (secondary N) is 3. The van der Waals surface area contributed by atoms with Crippen LogP contribution in [0.5, 0.6) is 0 Å². The third-order valence-corrected chi connectivity index (χ3v) is 5.99. The molecular formula is C17H23N5O3S. The monoisotopic (exact) mass is 377 g/mol. The lowest BCUT2D eigenvalue weighted by Crippen LogP contribution is -2.36. The summed E-state index contributed by atoms with van der Waals surface area (Å²) in [6, 6.07) is 6.14. The quantitative estimate of drug-likeness (QED) is 0.671. The van der Waals surface area contributed by atoms with Gasteiger partial charge < -0.3 is 10.6 Å². The molecule has 140 valence electrons. The zero-order valence-corrected chi connectivity index (χ0v) is 15.6. The predicted molar refractivity (Wildman–Crippen MR) is 97.2 cm³/mol. The minimum atomic E-state index is -3.73. The molecule has 0 unspecified atom stereocenters. The molecule has 2 heterocycles. The lowest BCUT2D eigenvalue weighted by Gasteiger charge is -2.12. The van der Waals surface area contributed by atoms with Gasteiger partial charge in [0.05, 0.1) is 11.1 Å². The number of carbonyl (C=O) groups excluding carboxylic acids is 1. The van der Waals surface area contributed by atoms with Crippen LogP contribution in [0.25, 0.3) is 0 Å². The van der Waals surface area contributed by atoms with Crippen molar-refractivity contribution in [1.82, 2.24) is 25.1 Å². The number of hydrogen-bond donors (Lipinski definition) is 3. The Bertz CT molecular complexity index is 901. The maximum absolute atomic E-state index is 12.6. The lowest BCUT2D eigenvalue weighted by molar-refractivity contribution is 0.0940. The molecule has 1 fully saturated rings. The first kappa shape index (κ1) is 18.6. The van der Waals surface area contributed by atoms with Gasteiger partial charge >= 0.3 is 0 Å². The minimum Gasteiger partial charge on any atom is -0.348 e. The van der Waals surface area contributed by atoms with Crippen molar-refractivity contribution in [1.29, 1.82) is 0 Å². The highest BCUT2D eigenvalue weighted by atomic mass is 32.2. The molecular weight excluding hydrogens is 354 g/mol. The number of benzene rings is 1. The van der Waals surface area contributed by atoms with Crippen molar-refractivity contribution >= 4 is 15.9 Å². The zero-order chi connectivity index (χ0) is 18.7. The maximum atomic E-state index is 12.6. The summed E-state index contributed by atoms with van der Waals surface area (Å²) in [6.45, 7) is 3.62. The number of amides is 1. The molecule has 1 aromatic heterocycles. The molecule has 2 aromatic rings. The highest BCUT2D eigenvalue weighted by Crippen LogP contribution is 2.14. The van der Waals surface area contributed by atoms with E-state index < -0.39 is 10.0 Å². The Labute approximate surface area is 153 Å². The standard InChI is InChI=1S/C17H23N5O3S/c1-12-14(9-19-22(12)2)10-20-26(24,25)16-5-3-4-13(8-16)17(23)21-15-6-7-18-11-15/h3-5,8-9,15,18,20H,6-7,10-11H2,1-2H3,(H,21,23)/t15-/m0/s1. The van der Waals surface area contributed by atoms with Gasteiger partial charge in [-0.1, -0.05) is 6.07 Å². The summed E-state index contributed by atoms with van der Waals surface area (Å²) in [5.41, 5.74) is 2.03. The van der Waals surface area contributed by atoms with Crippen molar-refractivity contribution < 1.29 is 13.2 Å². The van der Waals surface area contributed by atoms with Gasteiger partial charge in [0, 0.05) is 43.0 Å². The Morgan fingerprint density at radius 2 is 2.23 bits per heavy atom. The fourth-order valence-electron chi connectivity index (χ4n) is 2.82. The number of hydrogen-bond acceptors (Lipinski definition) is 5. The third-order valence-electron chi connectivity index (χ3n) is 4.59. The van der Waals surface area contributed by atoms with Crippen LogP contribution in [0.1, 0.15) is 28.0 Å². The van der Waals surface area contributed by atoms with Crippen molar-refractivity contribution in [3.05, 3.63) is 47.3 Å². The normalized spacial score (nSPS) is 17.4. The SMILES string of the molecule is Cc1c(CNS(=O)(=O)c2cccc(C(=O)N[C@H]3CCNC3)c2)cnn1C. The number of aryl methyl sites for hydroxylation is 1. The van der Waals surface area contributed by atoms with Gasteiger partial charge in [0.15, 0.2) is 0 Å².